The number of benzene rings is 2. The van der Waals surface area contributed by atoms with Crippen molar-refractivity contribution in [1.29, 1.82) is 0 Å². The minimum atomic E-state index is -3.80. The molecule has 160 valence electrons. The number of rotatable bonds is 5. The molecule has 2 aromatic rings. The lowest BCUT2D eigenvalue weighted by Gasteiger charge is -2.34. The fourth-order valence-corrected chi connectivity index (χ4v) is 5.06. The molecule has 1 saturated heterocycles. The molecule has 30 heavy (non-hydrogen) atoms. The molecule has 1 aliphatic heterocycles. The number of anilines is 1. The largest absolute Gasteiger partial charge is 0.373 e. The van der Waals surface area contributed by atoms with Crippen LogP contribution in [0.5, 0.6) is 0 Å². The standard InChI is InChI=1S/C20H23N3O6S/c1-13-11-22(12-14(2)29-13)30(27,28)17-7-4-6-16(10-17)20(24)21-18-8-5-9-19(15(18)3)23(25)26/h4-10,13-14H,11-12H2,1-3H3,(H,21,24). The third-order valence-corrected chi connectivity index (χ3v) is 6.70. The van der Waals surface area contributed by atoms with Gasteiger partial charge in [-0.25, -0.2) is 8.42 Å². The van der Waals surface area contributed by atoms with Crippen LogP contribution in [0.4, 0.5) is 11.4 Å². The minimum Gasteiger partial charge on any atom is -0.373 e. The van der Waals surface area contributed by atoms with Crippen molar-refractivity contribution in [2.75, 3.05) is 18.4 Å². The summed E-state index contributed by atoms with van der Waals surface area (Å²) < 4.78 is 33.0. The maximum atomic E-state index is 13.0. The van der Waals surface area contributed by atoms with E-state index in [0.717, 1.165) is 0 Å². The van der Waals surface area contributed by atoms with E-state index >= 15 is 0 Å². The van der Waals surface area contributed by atoms with Crippen LogP contribution < -0.4 is 5.32 Å². The van der Waals surface area contributed by atoms with Crippen molar-refractivity contribution in [3.8, 4) is 0 Å². The summed E-state index contributed by atoms with van der Waals surface area (Å²) in [6, 6.07) is 10.1. The van der Waals surface area contributed by atoms with Crippen molar-refractivity contribution >= 4 is 27.3 Å². The Hall–Kier alpha value is -2.82. The molecule has 0 spiro atoms. The van der Waals surface area contributed by atoms with Crippen LogP contribution in [0, 0.1) is 17.0 Å². The normalized spacial score (nSPS) is 20.0. The first-order valence-corrected chi connectivity index (χ1v) is 10.8. The summed E-state index contributed by atoms with van der Waals surface area (Å²) in [6.07, 6.45) is -0.460. The van der Waals surface area contributed by atoms with Gasteiger partial charge in [-0.2, -0.15) is 4.31 Å². The van der Waals surface area contributed by atoms with Crippen LogP contribution in [-0.2, 0) is 14.8 Å². The summed E-state index contributed by atoms with van der Waals surface area (Å²) in [4.78, 5) is 23.3. The van der Waals surface area contributed by atoms with Crippen molar-refractivity contribution < 1.29 is 22.9 Å². The van der Waals surface area contributed by atoms with Gasteiger partial charge in [0.05, 0.1) is 33.3 Å². The lowest BCUT2D eigenvalue weighted by molar-refractivity contribution is -0.385. The molecule has 9 nitrogen and oxygen atoms in total. The van der Waals surface area contributed by atoms with Gasteiger partial charge in [0.25, 0.3) is 11.6 Å². The van der Waals surface area contributed by atoms with E-state index in [2.05, 4.69) is 5.32 Å². The number of carbonyl (C=O) groups excluding carboxylic acids is 1. The summed E-state index contributed by atoms with van der Waals surface area (Å²) >= 11 is 0. The van der Waals surface area contributed by atoms with Gasteiger partial charge in [-0.3, -0.25) is 14.9 Å². The number of hydrogen-bond acceptors (Lipinski definition) is 6. The molecule has 2 unspecified atom stereocenters. The summed E-state index contributed by atoms with van der Waals surface area (Å²) in [6.45, 7) is 5.62. The molecule has 1 N–H and O–H groups in total. The molecule has 1 heterocycles. The van der Waals surface area contributed by atoms with Gasteiger partial charge in [0.1, 0.15) is 0 Å². The lowest BCUT2D eigenvalue weighted by atomic mass is 10.1. The topological polar surface area (TPSA) is 119 Å². The second-order valence-corrected chi connectivity index (χ2v) is 9.21. The molecular weight excluding hydrogens is 410 g/mol. The van der Waals surface area contributed by atoms with E-state index in [0.29, 0.717) is 11.3 Å². The van der Waals surface area contributed by atoms with Gasteiger partial charge in [0.15, 0.2) is 0 Å². The van der Waals surface area contributed by atoms with Gasteiger partial charge in [-0.1, -0.05) is 12.1 Å². The van der Waals surface area contributed by atoms with Gasteiger partial charge >= 0.3 is 0 Å². The van der Waals surface area contributed by atoms with Gasteiger partial charge in [0, 0.05) is 24.7 Å². The average molecular weight is 433 g/mol. The van der Waals surface area contributed by atoms with Crippen LogP contribution in [0.3, 0.4) is 0 Å². The van der Waals surface area contributed by atoms with Crippen molar-refractivity contribution in [2.24, 2.45) is 0 Å². The first-order chi connectivity index (χ1) is 14.1. The Balaban J connectivity index is 1.86. The van der Waals surface area contributed by atoms with Crippen molar-refractivity contribution in [1.82, 2.24) is 4.31 Å². The zero-order chi connectivity index (χ0) is 22.1. The molecule has 1 fully saturated rings. The monoisotopic (exact) mass is 433 g/mol. The number of nitrogens with zero attached hydrogens (tertiary/aromatic N) is 2. The lowest BCUT2D eigenvalue weighted by Crippen LogP contribution is -2.48. The molecule has 2 atom stereocenters. The number of ether oxygens (including phenoxy) is 1. The smallest absolute Gasteiger partial charge is 0.274 e. The Morgan fingerprint density at radius 1 is 1.17 bits per heavy atom. The Morgan fingerprint density at radius 2 is 1.80 bits per heavy atom. The van der Waals surface area contributed by atoms with E-state index in [4.69, 9.17) is 4.74 Å². The van der Waals surface area contributed by atoms with E-state index in [1.807, 2.05) is 13.8 Å². The van der Waals surface area contributed by atoms with Crippen LogP contribution in [-0.4, -0.2) is 48.9 Å². The number of carbonyl (C=O) groups is 1. The zero-order valence-corrected chi connectivity index (χ0v) is 17.7. The highest BCUT2D eigenvalue weighted by Crippen LogP contribution is 2.26. The maximum Gasteiger partial charge on any atom is 0.274 e. The van der Waals surface area contributed by atoms with Crippen LogP contribution in [0.1, 0.15) is 29.8 Å². The minimum absolute atomic E-state index is 0.00668. The molecule has 0 aromatic heterocycles. The summed E-state index contributed by atoms with van der Waals surface area (Å²) in [7, 11) is -3.80. The third-order valence-electron chi connectivity index (χ3n) is 4.87. The van der Waals surface area contributed by atoms with Crippen molar-refractivity contribution in [2.45, 2.75) is 37.9 Å². The van der Waals surface area contributed by atoms with Crippen molar-refractivity contribution in [3.05, 3.63) is 63.7 Å². The van der Waals surface area contributed by atoms with Crippen LogP contribution in [0.15, 0.2) is 47.4 Å². The van der Waals surface area contributed by atoms with E-state index in [9.17, 15) is 23.3 Å². The highest BCUT2D eigenvalue weighted by Gasteiger charge is 2.32. The molecular formula is C20H23N3O6S. The summed E-state index contributed by atoms with van der Waals surface area (Å²) in [5.41, 5.74) is 0.630. The number of nitro benzene ring substituents is 1. The highest BCUT2D eigenvalue weighted by atomic mass is 32.2. The molecule has 0 aliphatic carbocycles. The van der Waals surface area contributed by atoms with E-state index < -0.39 is 20.9 Å². The molecule has 0 radical (unpaired) electrons. The van der Waals surface area contributed by atoms with Gasteiger partial charge in [0.2, 0.25) is 10.0 Å². The second kappa shape index (κ2) is 8.50. The zero-order valence-electron chi connectivity index (χ0n) is 16.9. The highest BCUT2D eigenvalue weighted by molar-refractivity contribution is 7.89. The number of amides is 1. The number of sulfonamides is 1. The van der Waals surface area contributed by atoms with Crippen LogP contribution in [0.25, 0.3) is 0 Å². The van der Waals surface area contributed by atoms with Gasteiger partial charge in [-0.15, -0.1) is 0 Å². The molecule has 0 bridgehead atoms. The number of nitrogens with one attached hydrogen (secondary N) is 1. The van der Waals surface area contributed by atoms with Crippen LogP contribution in [0.2, 0.25) is 0 Å². The molecule has 2 aromatic carbocycles. The van der Waals surface area contributed by atoms with Gasteiger partial charge < -0.3 is 10.1 Å². The predicted octanol–water partition coefficient (Wildman–Crippen LogP) is 2.95. The Morgan fingerprint density at radius 3 is 2.43 bits per heavy atom. The number of hydrogen-bond donors (Lipinski definition) is 1. The van der Waals surface area contributed by atoms with Crippen molar-refractivity contribution in [3.63, 3.8) is 0 Å². The van der Waals surface area contributed by atoms with Gasteiger partial charge in [-0.05, 0) is 45.0 Å². The fourth-order valence-electron chi connectivity index (χ4n) is 3.42. The summed E-state index contributed by atoms with van der Waals surface area (Å²) in [5, 5.41) is 13.7. The van der Waals surface area contributed by atoms with E-state index in [1.165, 1.54) is 47.6 Å². The Bertz CT molecular complexity index is 1080. The maximum absolute atomic E-state index is 13.0. The van der Waals surface area contributed by atoms with Crippen LogP contribution >= 0.6 is 0 Å². The van der Waals surface area contributed by atoms with E-state index in [-0.39, 0.29) is 41.4 Å². The molecule has 1 aliphatic rings. The predicted molar refractivity (Wildman–Crippen MR) is 111 cm³/mol. The quantitative estimate of drug-likeness (QED) is 0.572. The first kappa shape index (κ1) is 21.9. The Labute approximate surface area is 174 Å². The second-order valence-electron chi connectivity index (χ2n) is 7.27. The third kappa shape index (κ3) is 4.50. The summed E-state index contributed by atoms with van der Waals surface area (Å²) in [5.74, 6) is -0.556. The molecule has 1 amide bonds. The first-order valence-electron chi connectivity index (χ1n) is 9.40. The number of morpholine rings is 1. The fraction of sp³-hybridized carbons (Fsp3) is 0.350. The molecule has 0 saturated carbocycles. The average Bonchev–Trinajstić information content (AvgIpc) is 2.68. The Kier molecular flexibility index (Phi) is 6.20. The molecule has 10 heteroatoms. The SMILES string of the molecule is Cc1c(NC(=O)c2cccc(S(=O)(=O)N3CC(C)OC(C)C3)c2)cccc1[N+](=O)[O-]. The van der Waals surface area contributed by atoms with E-state index in [1.54, 1.807) is 6.07 Å². The molecule has 3 rings (SSSR count). The number of nitro groups is 1.